The van der Waals surface area contributed by atoms with E-state index in [2.05, 4.69) is 10.3 Å². The average molecular weight is 316 g/mol. The minimum Gasteiger partial charge on any atom is -0.393 e. The highest BCUT2D eigenvalue weighted by Gasteiger charge is 2.22. The minimum absolute atomic E-state index is 0.111. The maximum atomic E-state index is 13.7. The van der Waals surface area contributed by atoms with Crippen LogP contribution in [0.5, 0.6) is 0 Å². The topological polar surface area (TPSA) is 45.1 Å². The number of fused-ring (bicyclic) bond motifs is 1. The van der Waals surface area contributed by atoms with E-state index in [0.717, 1.165) is 55.1 Å². The van der Waals surface area contributed by atoms with Crippen molar-refractivity contribution in [2.24, 2.45) is 5.92 Å². The van der Waals surface area contributed by atoms with Crippen molar-refractivity contribution < 1.29 is 9.50 Å². The summed E-state index contributed by atoms with van der Waals surface area (Å²) in [4.78, 5) is 4.36. The first-order valence-corrected chi connectivity index (χ1v) is 8.66. The molecular formula is C19H25FN2O. The number of benzene rings is 1. The van der Waals surface area contributed by atoms with Gasteiger partial charge >= 0.3 is 0 Å². The van der Waals surface area contributed by atoms with Crippen molar-refractivity contribution in [2.45, 2.75) is 51.2 Å². The maximum Gasteiger partial charge on any atom is 0.124 e. The molecule has 1 saturated carbocycles. The number of rotatable bonds is 6. The highest BCUT2D eigenvalue weighted by atomic mass is 19.1. The predicted octanol–water partition coefficient (Wildman–Crippen LogP) is 3.79. The Morgan fingerprint density at radius 1 is 1.26 bits per heavy atom. The van der Waals surface area contributed by atoms with Crippen molar-refractivity contribution >= 4 is 10.9 Å². The molecule has 1 fully saturated rings. The molecule has 2 atom stereocenters. The first-order valence-electron chi connectivity index (χ1n) is 8.66. The molecule has 1 aliphatic rings. The molecule has 2 N–H and O–H groups in total. The van der Waals surface area contributed by atoms with Gasteiger partial charge in [-0.3, -0.25) is 4.98 Å². The second-order valence-corrected chi connectivity index (χ2v) is 6.57. The Morgan fingerprint density at radius 2 is 2.13 bits per heavy atom. The van der Waals surface area contributed by atoms with Gasteiger partial charge in [-0.25, -0.2) is 4.39 Å². The molecule has 0 spiro atoms. The molecule has 3 rings (SSSR count). The second-order valence-electron chi connectivity index (χ2n) is 6.57. The van der Waals surface area contributed by atoms with Gasteiger partial charge in [-0.1, -0.05) is 18.9 Å². The number of aliphatic hydroxyl groups excluding tert-OH is 1. The van der Waals surface area contributed by atoms with Crippen LogP contribution in [0.2, 0.25) is 0 Å². The molecule has 4 heteroatoms. The average Bonchev–Trinajstić information content (AvgIpc) is 2.56. The first kappa shape index (κ1) is 16.3. The van der Waals surface area contributed by atoms with E-state index in [-0.39, 0.29) is 11.9 Å². The molecule has 2 aromatic rings. The van der Waals surface area contributed by atoms with Gasteiger partial charge in [0.05, 0.1) is 11.6 Å². The van der Waals surface area contributed by atoms with Crippen molar-refractivity contribution in [2.75, 3.05) is 6.54 Å². The Bertz CT molecular complexity index is 646. The van der Waals surface area contributed by atoms with Crippen LogP contribution in [-0.4, -0.2) is 22.7 Å². The molecule has 1 aliphatic carbocycles. The van der Waals surface area contributed by atoms with Gasteiger partial charge in [-0.05, 0) is 61.9 Å². The predicted molar refractivity (Wildman–Crippen MR) is 90.6 cm³/mol. The molecule has 1 heterocycles. The molecule has 1 aromatic carbocycles. The zero-order chi connectivity index (χ0) is 16.1. The molecule has 124 valence electrons. The molecule has 1 aromatic heterocycles. The third-order valence-electron chi connectivity index (χ3n) is 4.86. The van der Waals surface area contributed by atoms with Crippen LogP contribution in [0, 0.1) is 11.7 Å². The summed E-state index contributed by atoms with van der Waals surface area (Å²) < 4.78 is 13.7. The Kier molecular flexibility index (Phi) is 5.57. The summed E-state index contributed by atoms with van der Waals surface area (Å²) in [7, 11) is 0. The van der Waals surface area contributed by atoms with Crippen LogP contribution < -0.4 is 5.32 Å². The summed E-state index contributed by atoms with van der Waals surface area (Å²) in [5.41, 5.74) is 1.77. The number of nitrogens with one attached hydrogen (secondary N) is 1. The van der Waals surface area contributed by atoms with Gasteiger partial charge in [0.1, 0.15) is 5.82 Å². The van der Waals surface area contributed by atoms with Gasteiger partial charge in [0.25, 0.3) is 0 Å². The lowest BCUT2D eigenvalue weighted by molar-refractivity contribution is 0.0643. The molecule has 0 amide bonds. The Morgan fingerprint density at radius 3 is 3.00 bits per heavy atom. The van der Waals surface area contributed by atoms with Crippen molar-refractivity contribution in [3.63, 3.8) is 0 Å². The fraction of sp³-hybridized carbons (Fsp3) is 0.526. The van der Waals surface area contributed by atoms with E-state index >= 15 is 0 Å². The molecule has 0 radical (unpaired) electrons. The molecule has 0 saturated heterocycles. The van der Waals surface area contributed by atoms with Crippen molar-refractivity contribution in [3.8, 4) is 0 Å². The standard InChI is InChI=1S/C19H25FN2O/c20-17-11-15-7-4-10-22-19(15)16(12-17)13-21-9-3-6-14-5-1-2-8-18(14)23/h4,7,10-12,14,18,21,23H,1-3,5-6,8-9,13H2. The fourth-order valence-electron chi connectivity index (χ4n) is 3.60. The molecule has 0 bridgehead atoms. The lowest BCUT2D eigenvalue weighted by Crippen LogP contribution is -2.25. The first-order chi connectivity index (χ1) is 11.2. The molecule has 0 aliphatic heterocycles. The van der Waals surface area contributed by atoms with Crippen LogP contribution >= 0.6 is 0 Å². The van der Waals surface area contributed by atoms with Crippen LogP contribution in [-0.2, 0) is 6.54 Å². The van der Waals surface area contributed by atoms with Gasteiger partial charge in [-0.15, -0.1) is 0 Å². The van der Waals surface area contributed by atoms with Crippen molar-refractivity contribution in [3.05, 3.63) is 41.8 Å². The van der Waals surface area contributed by atoms with Gasteiger partial charge < -0.3 is 10.4 Å². The van der Waals surface area contributed by atoms with E-state index in [9.17, 15) is 9.50 Å². The van der Waals surface area contributed by atoms with E-state index < -0.39 is 0 Å². The van der Waals surface area contributed by atoms with Crippen LogP contribution in [0.4, 0.5) is 4.39 Å². The molecular weight excluding hydrogens is 291 g/mol. The Balaban J connectivity index is 1.49. The monoisotopic (exact) mass is 316 g/mol. The second kappa shape index (κ2) is 7.84. The summed E-state index contributed by atoms with van der Waals surface area (Å²) in [6, 6.07) is 6.80. The van der Waals surface area contributed by atoms with Crippen LogP contribution in [0.25, 0.3) is 10.9 Å². The van der Waals surface area contributed by atoms with Gasteiger partial charge in [-0.2, -0.15) is 0 Å². The number of nitrogens with zero attached hydrogens (tertiary/aromatic N) is 1. The molecule has 2 unspecified atom stereocenters. The van der Waals surface area contributed by atoms with Gasteiger partial charge in [0, 0.05) is 18.1 Å². The zero-order valence-corrected chi connectivity index (χ0v) is 13.5. The number of aromatic nitrogens is 1. The SMILES string of the molecule is OC1CCCCC1CCCNCc1cc(F)cc2cccnc12. The van der Waals surface area contributed by atoms with E-state index in [1.807, 2.05) is 12.1 Å². The largest absolute Gasteiger partial charge is 0.393 e. The van der Waals surface area contributed by atoms with Gasteiger partial charge in [0.15, 0.2) is 0 Å². The van der Waals surface area contributed by atoms with E-state index in [0.29, 0.717) is 12.5 Å². The Hall–Kier alpha value is -1.52. The molecule has 23 heavy (non-hydrogen) atoms. The van der Waals surface area contributed by atoms with Crippen LogP contribution in [0.3, 0.4) is 0 Å². The van der Waals surface area contributed by atoms with E-state index in [4.69, 9.17) is 0 Å². The van der Waals surface area contributed by atoms with E-state index in [1.165, 1.54) is 12.5 Å². The van der Waals surface area contributed by atoms with Gasteiger partial charge in [0.2, 0.25) is 0 Å². The smallest absolute Gasteiger partial charge is 0.124 e. The lowest BCUT2D eigenvalue weighted by atomic mass is 9.83. The minimum atomic E-state index is -0.215. The number of pyridine rings is 1. The van der Waals surface area contributed by atoms with Crippen LogP contribution in [0.15, 0.2) is 30.5 Å². The summed E-state index contributed by atoms with van der Waals surface area (Å²) in [5.74, 6) is 0.245. The highest BCUT2D eigenvalue weighted by Crippen LogP contribution is 2.27. The number of aliphatic hydroxyl groups is 1. The highest BCUT2D eigenvalue weighted by molar-refractivity contribution is 5.81. The fourth-order valence-corrected chi connectivity index (χ4v) is 3.60. The summed E-state index contributed by atoms with van der Waals surface area (Å²) in [6.45, 7) is 1.51. The summed E-state index contributed by atoms with van der Waals surface area (Å²) in [5, 5.41) is 14.2. The number of hydrogen-bond acceptors (Lipinski definition) is 3. The lowest BCUT2D eigenvalue weighted by Gasteiger charge is -2.27. The third kappa shape index (κ3) is 4.27. The third-order valence-corrected chi connectivity index (χ3v) is 4.86. The van der Waals surface area contributed by atoms with Crippen molar-refractivity contribution in [1.29, 1.82) is 0 Å². The summed E-state index contributed by atoms with van der Waals surface area (Å²) in [6.07, 6.45) is 8.26. The summed E-state index contributed by atoms with van der Waals surface area (Å²) >= 11 is 0. The normalized spacial score (nSPS) is 21.7. The van der Waals surface area contributed by atoms with E-state index in [1.54, 1.807) is 12.3 Å². The quantitative estimate of drug-likeness (QED) is 0.797. The van der Waals surface area contributed by atoms with Crippen molar-refractivity contribution in [1.82, 2.24) is 10.3 Å². The van der Waals surface area contributed by atoms with Crippen LogP contribution in [0.1, 0.15) is 44.1 Å². The Labute approximate surface area is 136 Å². The number of hydrogen-bond donors (Lipinski definition) is 2. The molecule has 3 nitrogen and oxygen atoms in total. The zero-order valence-electron chi connectivity index (χ0n) is 13.5. The number of halogens is 1. The maximum absolute atomic E-state index is 13.7.